The SMILES string of the molecule is C[C@H](NC(=O)OC(C)(C)C)C(=O)N(C)[C@H](Cc1c(Br)[nH]c2ccccc12)C(=O)O. The number of amides is 2. The number of halogens is 1. The lowest BCUT2D eigenvalue weighted by molar-refractivity contribution is -0.149. The number of ether oxygens (including phenoxy) is 1. The van der Waals surface area contributed by atoms with Crippen LogP contribution < -0.4 is 5.32 Å². The van der Waals surface area contributed by atoms with Crippen molar-refractivity contribution in [2.45, 2.75) is 51.8 Å². The minimum Gasteiger partial charge on any atom is -0.480 e. The van der Waals surface area contributed by atoms with Crippen LogP contribution >= 0.6 is 15.9 Å². The van der Waals surface area contributed by atoms with Crippen LogP contribution in [0.4, 0.5) is 4.79 Å². The van der Waals surface area contributed by atoms with Gasteiger partial charge in [0.05, 0.1) is 4.60 Å². The van der Waals surface area contributed by atoms with Crippen molar-refractivity contribution in [1.82, 2.24) is 15.2 Å². The van der Waals surface area contributed by atoms with Gasteiger partial charge in [0.1, 0.15) is 17.7 Å². The third-order valence-electron chi connectivity index (χ3n) is 4.36. The van der Waals surface area contributed by atoms with Gasteiger partial charge in [-0.2, -0.15) is 0 Å². The molecule has 158 valence electrons. The second-order valence-electron chi connectivity index (χ2n) is 7.84. The summed E-state index contributed by atoms with van der Waals surface area (Å²) >= 11 is 3.44. The lowest BCUT2D eigenvalue weighted by Crippen LogP contribution is -2.52. The van der Waals surface area contributed by atoms with Crippen LogP contribution in [-0.2, 0) is 20.7 Å². The third kappa shape index (κ3) is 5.72. The molecule has 2 atom stereocenters. The van der Waals surface area contributed by atoms with Gasteiger partial charge in [-0.25, -0.2) is 9.59 Å². The first-order chi connectivity index (χ1) is 13.4. The van der Waals surface area contributed by atoms with E-state index in [1.54, 1.807) is 20.8 Å². The van der Waals surface area contributed by atoms with Crippen LogP contribution in [0.15, 0.2) is 28.9 Å². The Bertz CT molecular complexity index is 918. The first-order valence-electron chi connectivity index (χ1n) is 9.14. The summed E-state index contributed by atoms with van der Waals surface area (Å²) in [7, 11) is 1.41. The van der Waals surface area contributed by atoms with E-state index in [0.717, 1.165) is 21.4 Å². The molecule has 3 N–H and O–H groups in total. The van der Waals surface area contributed by atoms with Gasteiger partial charge >= 0.3 is 12.1 Å². The number of para-hydroxylation sites is 1. The molecule has 2 rings (SSSR count). The number of alkyl carbamates (subject to hydrolysis) is 1. The quantitative estimate of drug-likeness (QED) is 0.603. The molecular formula is C20H26BrN3O5. The zero-order valence-electron chi connectivity index (χ0n) is 17.1. The van der Waals surface area contributed by atoms with Crippen molar-refractivity contribution >= 4 is 44.8 Å². The number of nitrogens with one attached hydrogen (secondary N) is 2. The number of carbonyl (C=O) groups excluding carboxylic acids is 2. The smallest absolute Gasteiger partial charge is 0.408 e. The van der Waals surface area contributed by atoms with Gasteiger partial charge < -0.3 is 25.0 Å². The Labute approximate surface area is 177 Å². The summed E-state index contributed by atoms with van der Waals surface area (Å²) in [5, 5.41) is 13.1. The summed E-state index contributed by atoms with van der Waals surface area (Å²) in [6.45, 7) is 6.63. The minimum atomic E-state index is -1.14. The van der Waals surface area contributed by atoms with Gasteiger partial charge in [0.25, 0.3) is 0 Å². The zero-order chi connectivity index (χ0) is 21.9. The predicted molar refractivity (Wildman–Crippen MR) is 113 cm³/mol. The molecule has 0 aliphatic heterocycles. The molecule has 9 heteroatoms. The molecular weight excluding hydrogens is 442 g/mol. The lowest BCUT2D eigenvalue weighted by atomic mass is 10.0. The summed E-state index contributed by atoms with van der Waals surface area (Å²) < 4.78 is 5.82. The maximum Gasteiger partial charge on any atom is 0.408 e. The van der Waals surface area contributed by atoms with Gasteiger partial charge in [0.2, 0.25) is 5.91 Å². The molecule has 29 heavy (non-hydrogen) atoms. The Morgan fingerprint density at radius 2 is 1.90 bits per heavy atom. The van der Waals surface area contributed by atoms with Crippen molar-refractivity contribution in [3.8, 4) is 0 Å². The largest absolute Gasteiger partial charge is 0.480 e. The van der Waals surface area contributed by atoms with Gasteiger partial charge in [-0.15, -0.1) is 0 Å². The van der Waals surface area contributed by atoms with Gasteiger partial charge in [-0.05, 0) is 55.3 Å². The van der Waals surface area contributed by atoms with Gasteiger partial charge in [0.15, 0.2) is 0 Å². The molecule has 0 unspecified atom stereocenters. The normalized spacial score (nSPS) is 13.6. The van der Waals surface area contributed by atoms with Crippen LogP contribution in [0.3, 0.4) is 0 Å². The Morgan fingerprint density at radius 3 is 2.48 bits per heavy atom. The van der Waals surface area contributed by atoms with Crippen LogP contribution in [-0.4, -0.2) is 57.7 Å². The summed E-state index contributed by atoms with van der Waals surface area (Å²) in [6.07, 6.45) is -0.639. The van der Waals surface area contributed by atoms with Crippen molar-refractivity contribution in [2.75, 3.05) is 7.05 Å². The number of carbonyl (C=O) groups is 3. The fourth-order valence-corrected chi connectivity index (χ4v) is 3.54. The highest BCUT2D eigenvalue weighted by Gasteiger charge is 2.32. The third-order valence-corrected chi connectivity index (χ3v) is 5.04. The average Bonchev–Trinajstić information content (AvgIpc) is 2.91. The molecule has 0 fully saturated rings. The van der Waals surface area contributed by atoms with Crippen molar-refractivity contribution in [2.24, 2.45) is 0 Å². The molecule has 1 heterocycles. The number of aromatic amines is 1. The van der Waals surface area contributed by atoms with Crippen LogP contribution in [0.25, 0.3) is 10.9 Å². The number of carboxylic acid groups (broad SMARTS) is 1. The fourth-order valence-electron chi connectivity index (χ4n) is 2.96. The van der Waals surface area contributed by atoms with Crippen LogP contribution in [0, 0.1) is 0 Å². The molecule has 0 saturated carbocycles. The molecule has 0 spiro atoms. The van der Waals surface area contributed by atoms with E-state index in [1.807, 2.05) is 24.3 Å². The van der Waals surface area contributed by atoms with Gasteiger partial charge in [0, 0.05) is 24.4 Å². The van der Waals surface area contributed by atoms with Crippen molar-refractivity contribution < 1.29 is 24.2 Å². The van der Waals surface area contributed by atoms with E-state index in [2.05, 4.69) is 26.2 Å². The fraction of sp³-hybridized carbons (Fsp3) is 0.450. The monoisotopic (exact) mass is 467 g/mol. The summed E-state index contributed by atoms with van der Waals surface area (Å²) in [5.41, 5.74) is 0.928. The number of likely N-dealkylation sites (N-methyl/N-ethyl adjacent to an activating group) is 1. The van der Waals surface area contributed by atoms with E-state index >= 15 is 0 Å². The van der Waals surface area contributed by atoms with E-state index in [1.165, 1.54) is 14.0 Å². The second kappa shape index (κ2) is 8.86. The van der Waals surface area contributed by atoms with Gasteiger partial charge in [-0.1, -0.05) is 18.2 Å². The first-order valence-corrected chi connectivity index (χ1v) is 9.94. The summed E-state index contributed by atoms with van der Waals surface area (Å²) in [6, 6.07) is 5.47. The Morgan fingerprint density at radius 1 is 1.28 bits per heavy atom. The number of fused-ring (bicyclic) bond motifs is 1. The van der Waals surface area contributed by atoms with Crippen LogP contribution in [0.2, 0.25) is 0 Å². The van der Waals surface area contributed by atoms with E-state index in [0.29, 0.717) is 4.60 Å². The number of hydrogen-bond donors (Lipinski definition) is 3. The predicted octanol–water partition coefficient (Wildman–Crippen LogP) is 3.30. The number of benzene rings is 1. The van der Waals surface area contributed by atoms with Gasteiger partial charge in [-0.3, -0.25) is 4.79 Å². The maximum absolute atomic E-state index is 12.7. The molecule has 0 aliphatic carbocycles. The molecule has 1 aromatic carbocycles. The Hall–Kier alpha value is -2.55. The highest BCUT2D eigenvalue weighted by atomic mass is 79.9. The Balaban J connectivity index is 2.17. The van der Waals surface area contributed by atoms with E-state index in [4.69, 9.17) is 4.74 Å². The molecule has 2 amide bonds. The number of nitrogens with zero attached hydrogens (tertiary/aromatic N) is 1. The number of aliphatic carboxylic acids is 1. The van der Waals surface area contributed by atoms with E-state index < -0.39 is 35.7 Å². The zero-order valence-corrected chi connectivity index (χ0v) is 18.7. The van der Waals surface area contributed by atoms with Crippen molar-refractivity contribution in [3.63, 3.8) is 0 Å². The van der Waals surface area contributed by atoms with Crippen LogP contribution in [0.1, 0.15) is 33.3 Å². The molecule has 0 saturated heterocycles. The van der Waals surface area contributed by atoms with E-state index in [-0.39, 0.29) is 6.42 Å². The maximum atomic E-state index is 12.7. The summed E-state index contributed by atoms with van der Waals surface area (Å²) in [5.74, 6) is -1.67. The topological polar surface area (TPSA) is 112 Å². The molecule has 2 aromatic rings. The van der Waals surface area contributed by atoms with Crippen LogP contribution in [0.5, 0.6) is 0 Å². The average molecular weight is 468 g/mol. The second-order valence-corrected chi connectivity index (χ2v) is 8.63. The molecule has 0 radical (unpaired) electrons. The summed E-state index contributed by atoms with van der Waals surface area (Å²) in [4.78, 5) is 40.9. The molecule has 0 bridgehead atoms. The number of rotatable bonds is 6. The molecule has 0 aliphatic rings. The van der Waals surface area contributed by atoms with Crippen molar-refractivity contribution in [3.05, 3.63) is 34.4 Å². The lowest BCUT2D eigenvalue weighted by Gasteiger charge is -2.28. The highest BCUT2D eigenvalue weighted by molar-refractivity contribution is 9.10. The molecule has 8 nitrogen and oxygen atoms in total. The number of H-pyrrole nitrogens is 1. The van der Waals surface area contributed by atoms with E-state index in [9.17, 15) is 19.5 Å². The Kier molecular flexibility index (Phi) is 6.94. The number of aromatic nitrogens is 1. The molecule has 1 aromatic heterocycles. The first kappa shape index (κ1) is 22.7. The highest BCUT2D eigenvalue weighted by Crippen LogP contribution is 2.28. The standard InChI is InChI=1S/C20H26BrN3O5/c1-11(22-19(28)29-20(2,3)4)17(25)24(5)15(18(26)27)10-13-12-8-6-7-9-14(12)23-16(13)21/h6-9,11,15,23H,10H2,1-5H3,(H,22,28)(H,26,27)/t11-,15+/m0/s1. The number of hydrogen-bond acceptors (Lipinski definition) is 4. The van der Waals surface area contributed by atoms with Crippen molar-refractivity contribution in [1.29, 1.82) is 0 Å². The minimum absolute atomic E-state index is 0.0985. The number of carboxylic acids is 1.